The molecule has 0 unspecified atom stereocenters. The van der Waals surface area contributed by atoms with Gasteiger partial charge < -0.3 is 20.1 Å². The van der Waals surface area contributed by atoms with Gasteiger partial charge in [-0.25, -0.2) is 0 Å². The Morgan fingerprint density at radius 1 is 0.968 bits per heavy atom. The maximum absolute atomic E-state index is 5.71. The van der Waals surface area contributed by atoms with Crippen molar-refractivity contribution in [2.75, 3.05) is 26.8 Å². The van der Waals surface area contributed by atoms with Crippen molar-refractivity contribution >= 4 is 40.8 Å². The second kappa shape index (κ2) is 13.0. The van der Waals surface area contributed by atoms with Crippen LogP contribution in [0.4, 0.5) is 0 Å². The first-order valence-corrected chi connectivity index (χ1v) is 10.4. The van der Waals surface area contributed by atoms with Crippen molar-refractivity contribution in [1.29, 1.82) is 0 Å². The summed E-state index contributed by atoms with van der Waals surface area (Å²) in [6.07, 6.45) is 2.70. The van der Waals surface area contributed by atoms with Crippen molar-refractivity contribution in [1.82, 2.24) is 15.6 Å². The molecule has 0 aliphatic rings. The summed E-state index contributed by atoms with van der Waals surface area (Å²) in [7, 11) is 1.78. The molecule has 0 aliphatic heterocycles. The number of halogens is 1. The molecular formula is C24H31IN4O2. The van der Waals surface area contributed by atoms with Crippen molar-refractivity contribution in [2.45, 2.75) is 26.8 Å². The van der Waals surface area contributed by atoms with Crippen LogP contribution in [-0.4, -0.2) is 37.7 Å². The third-order valence-electron chi connectivity index (χ3n) is 4.72. The van der Waals surface area contributed by atoms with Crippen LogP contribution in [0, 0.1) is 0 Å². The Labute approximate surface area is 201 Å². The van der Waals surface area contributed by atoms with E-state index < -0.39 is 0 Å². The molecule has 6 nitrogen and oxygen atoms in total. The summed E-state index contributed by atoms with van der Waals surface area (Å²) in [5.41, 5.74) is 3.38. The number of rotatable bonds is 9. The van der Waals surface area contributed by atoms with Gasteiger partial charge in [0, 0.05) is 31.7 Å². The van der Waals surface area contributed by atoms with Crippen LogP contribution >= 0.6 is 24.0 Å². The summed E-state index contributed by atoms with van der Waals surface area (Å²) in [6, 6.07) is 16.3. The van der Waals surface area contributed by atoms with Crippen LogP contribution in [0.15, 0.2) is 59.7 Å². The zero-order valence-electron chi connectivity index (χ0n) is 18.4. The summed E-state index contributed by atoms with van der Waals surface area (Å²) >= 11 is 0. The molecular weight excluding hydrogens is 503 g/mol. The predicted molar refractivity (Wildman–Crippen MR) is 138 cm³/mol. The van der Waals surface area contributed by atoms with Gasteiger partial charge in [-0.15, -0.1) is 24.0 Å². The smallest absolute Gasteiger partial charge is 0.191 e. The molecule has 2 aromatic carbocycles. The van der Waals surface area contributed by atoms with Crippen molar-refractivity contribution in [3.8, 4) is 11.5 Å². The van der Waals surface area contributed by atoms with Crippen LogP contribution in [0.5, 0.6) is 11.5 Å². The molecule has 0 spiro atoms. The zero-order valence-corrected chi connectivity index (χ0v) is 20.7. The zero-order chi connectivity index (χ0) is 21.2. The number of guanidine groups is 1. The molecule has 166 valence electrons. The largest absolute Gasteiger partial charge is 0.490 e. The van der Waals surface area contributed by atoms with E-state index in [1.807, 2.05) is 50.4 Å². The Kier molecular flexibility index (Phi) is 10.4. The van der Waals surface area contributed by atoms with E-state index in [-0.39, 0.29) is 24.0 Å². The third-order valence-corrected chi connectivity index (χ3v) is 4.72. The SMILES string of the molecule is CCOc1ccc(CCNC(=NC)NCc2ccnc3ccccc23)cc1OCC.I. The molecule has 3 rings (SSSR count). The first kappa shape index (κ1) is 24.7. The highest BCUT2D eigenvalue weighted by Gasteiger charge is 2.07. The highest BCUT2D eigenvalue weighted by molar-refractivity contribution is 14.0. The fourth-order valence-corrected chi connectivity index (χ4v) is 3.29. The van der Waals surface area contributed by atoms with Gasteiger partial charge in [-0.1, -0.05) is 24.3 Å². The Bertz CT molecular complexity index is 989. The van der Waals surface area contributed by atoms with E-state index in [1.54, 1.807) is 7.05 Å². The summed E-state index contributed by atoms with van der Waals surface area (Å²) in [5, 5.41) is 7.92. The van der Waals surface area contributed by atoms with Gasteiger partial charge in [0.25, 0.3) is 0 Å². The molecule has 0 bridgehead atoms. The van der Waals surface area contributed by atoms with Crippen molar-refractivity contribution in [2.24, 2.45) is 4.99 Å². The van der Waals surface area contributed by atoms with Gasteiger partial charge in [-0.05, 0) is 55.7 Å². The number of fused-ring (bicyclic) bond motifs is 1. The Hall–Kier alpha value is -2.55. The number of hydrogen-bond donors (Lipinski definition) is 2. The maximum Gasteiger partial charge on any atom is 0.191 e. The maximum atomic E-state index is 5.71. The molecule has 1 aromatic heterocycles. The summed E-state index contributed by atoms with van der Waals surface area (Å²) < 4.78 is 11.3. The molecule has 1 heterocycles. The van der Waals surface area contributed by atoms with Crippen molar-refractivity contribution < 1.29 is 9.47 Å². The van der Waals surface area contributed by atoms with Gasteiger partial charge in [0.2, 0.25) is 0 Å². The molecule has 31 heavy (non-hydrogen) atoms. The topological polar surface area (TPSA) is 67.8 Å². The van der Waals surface area contributed by atoms with Crippen LogP contribution in [0.2, 0.25) is 0 Å². The normalized spacial score (nSPS) is 11.0. The van der Waals surface area contributed by atoms with Gasteiger partial charge in [0.1, 0.15) is 0 Å². The van der Waals surface area contributed by atoms with E-state index in [1.165, 1.54) is 11.1 Å². The molecule has 0 atom stereocenters. The minimum absolute atomic E-state index is 0. The molecule has 0 fully saturated rings. The lowest BCUT2D eigenvalue weighted by Gasteiger charge is -2.14. The number of aliphatic imine (C=N–C) groups is 1. The lowest BCUT2D eigenvalue weighted by molar-refractivity contribution is 0.287. The quantitative estimate of drug-likeness (QED) is 0.240. The average molecular weight is 534 g/mol. The number of hydrogen-bond acceptors (Lipinski definition) is 4. The molecule has 0 amide bonds. The van der Waals surface area contributed by atoms with E-state index in [2.05, 4.69) is 38.8 Å². The molecule has 7 heteroatoms. The van der Waals surface area contributed by atoms with Crippen LogP contribution in [0.3, 0.4) is 0 Å². The number of nitrogens with zero attached hydrogens (tertiary/aromatic N) is 2. The van der Waals surface area contributed by atoms with Crippen LogP contribution in [0.25, 0.3) is 10.9 Å². The fraction of sp³-hybridized carbons (Fsp3) is 0.333. The number of nitrogens with one attached hydrogen (secondary N) is 2. The van der Waals surface area contributed by atoms with Gasteiger partial charge in [0.15, 0.2) is 17.5 Å². The number of pyridine rings is 1. The standard InChI is InChI=1S/C24H30N4O2.HI/c1-4-29-22-11-10-18(16-23(22)30-5-2)12-14-27-24(25-3)28-17-19-13-15-26-21-9-7-6-8-20(19)21;/h6-11,13,15-16H,4-5,12,14,17H2,1-3H3,(H2,25,27,28);1H. The first-order chi connectivity index (χ1) is 14.7. The Morgan fingerprint density at radius 3 is 2.52 bits per heavy atom. The highest BCUT2D eigenvalue weighted by Crippen LogP contribution is 2.28. The van der Waals surface area contributed by atoms with Gasteiger partial charge in [-0.3, -0.25) is 9.98 Å². The van der Waals surface area contributed by atoms with Crippen LogP contribution in [0.1, 0.15) is 25.0 Å². The monoisotopic (exact) mass is 534 g/mol. The molecule has 0 aliphatic carbocycles. The van der Waals surface area contributed by atoms with Crippen molar-refractivity contribution in [3.05, 3.63) is 65.9 Å². The third kappa shape index (κ3) is 6.99. The van der Waals surface area contributed by atoms with E-state index in [0.717, 1.165) is 41.3 Å². The molecule has 0 saturated carbocycles. The number of benzene rings is 2. The lowest BCUT2D eigenvalue weighted by Crippen LogP contribution is -2.37. The van der Waals surface area contributed by atoms with E-state index in [9.17, 15) is 0 Å². The minimum Gasteiger partial charge on any atom is -0.490 e. The fourth-order valence-electron chi connectivity index (χ4n) is 3.29. The minimum atomic E-state index is 0. The highest BCUT2D eigenvalue weighted by atomic mass is 127. The number of aromatic nitrogens is 1. The Morgan fingerprint density at radius 2 is 1.74 bits per heavy atom. The summed E-state index contributed by atoms with van der Waals surface area (Å²) in [4.78, 5) is 8.75. The summed E-state index contributed by atoms with van der Waals surface area (Å²) in [6.45, 7) is 6.63. The second-order valence-electron chi connectivity index (χ2n) is 6.74. The Balaban J connectivity index is 0.00000341. The first-order valence-electron chi connectivity index (χ1n) is 10.4. The van der Waals surface area contributed by atoms with Gasteiger partial charge >= 0.3 is 0 Å². The van der Waals surface area contributed by atoms with E-state index in [0.29, 0.717) is 19.8 Å². The van der Waals surface area contributed by atoms with Gasteiger partial charge in [-0.2, -0.15) is 0 Å². The average Bonchev–Trinajstić information content (AvgIpc) is 2.78. The molecule has 0 radical (unpaired) electrons. The van der Waals surface area contributed by atoms with Gasteiger partial charge in [0.05, 0.1) is 18.7 Å². The second-order valence-corrected chi connectivity index (χ2v) is 6.74. The number of ether oxygens (including phenoxy) is 2. The molecule has 0 saturated heterocycles. The lowest BCUT2D eigenvalue weighted by atomic mass is 10.1. The number of para-hydroxylation sites is 1. The predicted octanol–water partition coefficient (Wildman–Crippen LogP) is 4.56. The van der Waals surface area contributed by atoms with Crippen LogP contribution in [-0.2, 0) is 13.0 Å². The van der Waals surface area contributed by atoms with E-state index in [4.69, 9.17) is 9.47 Å². The molecule has 2 N–H and O–H groups in total. The van der Waals surface area contributed by atoms with E-state index >= 15 is 0 Å². The van der Waals surface area contributed by atoms with Crippen LogP contribution < -0.4 is 20.1 Å². The summed E-state index contributed by atoms with van der Waals surface area (Å²) in [5.74, 6) is 2.36. The molecule has 3 aromatic rings. The van der Waals surface area contributed by atoms with Crippen molar-refractivity contribution in [3.63, 3.8) is 0 Å².